The number of aliphatic hydroxyl groups excluding tert-OH is 2. The normalized spacial score (nSPS) is 16.1. The zero-order valence-corrected chi connectivity index (χ0v) is 8.32. The second kappa shape index (κ2) is 5.67. The molecule has 80 valence electrons. The van der Waals surface area contributed by atoms with Crippen LogP contribution in [0.15, 0.2) is 23.5 Å². The van der Waals surface area contributed by atoms with Gasteiger partial charge >= 0.3 is 0 Å². The molecule has 0 amide bonds. The summed E-state index contributed by atoms with van der Waals surface area (Å²) in [5.41, 5.74) is 7.68. The topological polar surface area (TPSA) is 69.7 Å². The Morgan fingerprint density at radius 3 is 2.21 bits per heavy atom. The highest BCUT2D eigenvalue weighted by Crippen LogP contribution is 2.18. The quantitative estimate of drug-likeness (QED) is 0.572. The van der Waals surface area contributed by atoms with Gasteiger partial charge in [0.15, 0.2) is 0 Å². The maximum Gasteiger partial charge on any atom is 0.0606 e. The third-order valence-corrected chi connectivity index (χ3v) is 2.31. The molecule has 0 spiro atoms. The molecule has 0 aromatic rings. The first kappa shape index (κ1) is 11.1. The Bertz CT molecular complexity index is 230. The third-order valence-electron chi connectivity index (χ3n) is 2.31. The molecule has 1 aliphatic carbocycles. The van der Waals surface area contributed by atoms with Crippen LogP contribution in [0.2, 0.25) is 0 Å². The van der Waals surface area contributed by atoms with Crippen molar-refractivity contribution in [1.82, 2.24) is 4.90 Å². The van der Waals surface area contributed by atoms with Gasteiger partial charge in [0.1, 0.15) is 0 Å². The van der Waals surface area contributed by atoms with Crippen molar-refractivity contribution < 1.29 is 10.2 Å². The van der Waals surface area contributed by atoms with E-state index in [1.807, 2.05) is 17.1 Å². The Balaban J connectivity index is 2.58. The Hall–Kier alpha value is -1.00. The average molecular weight is 198 g/mol. The van der Waals surface area contributed by atoms with Gasteiger partial charge in [0.2, 0.25) is 0 Å². The summed E-state index contributed by atoms with van der Waals surface area (Å²) in [6.45, 7) is 1.35. The molecule has 0 unspecified atom stereocenters. The van der Waals surface area contributed by atoms with E-state index in [-0.39, 0.29) is 13.2 Å². The molecular formula is C10H18N2O2. The maximum absolute atomic E-state index is 8.86. The molecule has 0 aromatic heterocycles. The minimum absolute atomic E-state index is 0.108. The van der Waals surface area contributed by atoms with Crippen LogP contribution in [-0.4, -0.2) is 41.4 Å². The minimum atomic E-state index is 0.108. The van der Waals surface area contributed by atoms with Crippen molar-refractivity contribution in [2.45, 2.75) is 12.8 Å². The predicted octanol–water partition coefficient (Wildman–Crippen LogP) is -0.207. The van der Waals surface area contributed by atoms with Gasteiger partial charge in [-0.3, -0.25) is 0 Å². The maximum atomic E-state index is 8.86. The molecule has 1 aliphatic rings. The fourth-order valence-corrected chi connectivity index (χ4v) is 1.55. The van der Waals surface area contributed by atoms with Gasteiger partial charge < -0.3 is 20.8 Å². The van der Waals surface area contributed by atoms with Gasteiger partial charge in [-0.05, 0) is 25.0 Å². The Morgan fingerprint density at radius 1 is 1.14 bits per heavy atom. The molecule has 0 bridgehead atoms. The number of nitrogens with zero attached hydrogens (tertiary/aromatic N) is 1. The van der Waals surface area contributed by atoms with Crippen molar-refractivity contribution in [3.8, 4) is 0 Å². The number of nitrogens with two attached hydrogens (primary N) is 1. The van der Waals surface area contributed by atoms with Crippen LogP contribution < -0.4 is 5.73 Å². The van der Waals surface area contributed by atoms with Crippen LogP contribution in [0, 0.1) is 0 Å². The van der Waals surface area contributed by atoms with E-state index >= 15 is 0 Å². The zero-order valence-electron chi connectivity index (χ0n) is 8.32. The average Bonchev–Trinajstić information content (AvgIpc) is 2.19. The lowest BCUT2D eigenvalue weighted by atomic mass is 10.1. The predicted molar refractivity (Wildman–Crippen MR) is 55.3 cm³/mol. The van der Waals surface area contributed by atoms with E-state index in [4.69, 9.17) is 15.9 Å². The van der Waals surface area contributed by atoms with Crippen molar-refractivity contribution in [3.63, 3.8) is 0 Å². The van der Waals surface area contributed by atoms with Crippen LogP contribution in [-0.2, 0) is 0 Å². The second-order valence-electron chi connectivity index (χ2n) is 3.33. The highest BCUT2D eigenvalue weighted by Gasteiger charge is 2.10. The van der Waals surface area contributed by atoms with Crippen LogP contribution in [0.1, 0.15) is 12.8 Å². The van der Waals surface area contributed by atoms with Crippen molar-refractivity contribution in [1.29, 1.82) is 0 Å². The number of allylic oxidation sites excluding steroid dienone is 4. The van der Waals surface area contributed by atoms with Gasteiger partial charge in [-0.15, -0.1) is 0 Å². The van der Waals surface area contributed by atoms with E-state index in [1.165, 1.54) is 0 Å². The van der Waals surface area contributed by atoms with Crippen LogP contribution >= 0.6 is 0 Å². The summed E-state index contributed by atoms with van der Waals surface area (Å²) >= 11 is 0. The van der Waals surface area contributed by atoms with Crippen molar-refractivity contribution in [2.24, 2.45) is 5.73 Å². The monoisotopic (exact) mass is 198 g/mol. The van der Waals surface area contributed by atoms with E-state index < -0.39 is 0 Å². The molecule has 0 saturated carbocycles. The molecule has 14 heavy (non-hydrogen) atoms. The fourth-order valence-electron chi connectivity index (χ4n) is 1.55. The summed E-state index contributed by atoms with van der Waals surface area (Å²) in [5, 5.41) is 17.7. The summed E-state index contributed by atoms with van der Waals surface area (Å²) in [5.74, 6) is 0. The number of hydrogen-bond acceptors (Lipinski definition) is 4. The van der Waals surface area contributed by atoms with E-state index in [1.54, 1.807) is 0 Å². The van der Waals surface area contributed by atoms with E-state index in [0.29, 0.717) is 13.1 Å². The Morgan fingerprint density at radius 2 is 1.79 bits per heavy atom. The first-order valence-corrected chi connectivity index (χ1v) is 4.89. The Kier molecular flexibility index (Phi) is 4.49. The number of hydrogen-bond donors (Lipinski definition) is 3. The molecule has 0 fully saturated rings. The van der Waals surface area contributed by atoms with E-state index in [9.17, 15) is 0 Å². The zero-order chi connectivity index (χ0) is 10.4. The molecule has 4 N–H and O–H groups in total. The van der Waals surface area contributed by atoms with Crippen LogP contribution in [0.25, 0.3) is 0 Å². The lowest BCUT2D eigenvalue weighted by molar-refractivity contribution is 0.185. The standard InChI is InChI=1S/C10H18N2O2/c11-9-1-3-10(4-2-9)12(5-7-13)6-8-14/h1,3,13-14H,2,4-8,11H2. The van der Waals surface area contributed by atoms with Crippen molar-refractivity contribution in [2.75, 3.05) is 26.3 Å². The molecule has 0 atom stereocenters. The first-order valence-electron chi connectivity index (χ1n) is 4.89. The summed E-state index contributed by atoms with van der Waals surface area (Å²) in [6.07, 6.45) is 5.60. The molecule has 0 aromatic carbocycles. The summed E-state index contributed by atoms with van der Waals surface area (Å²) in [4.78, 5) is 1.99. The summed E-state index contributed by atoms with van der Waals surface area (Å²) in [7, 11) is 0. The van der Waals surface area contributed by atoms with Crippen LogP contribution in [0.5, 0.6) is 0 Å². The highest BCUT2D eigenvalue weighted by molar-refractivity contribution is 5.21. The van der Waals surface area contributed by atoms with Gasteiger partial charge in [0.25, 0.3) is 0 Å². The SMILES string of the molecule is NC1=CC=C(N(CCO)CCO)CC1. The second-order valence-corrected chi connectivity index (χ2v) is 3.33. The van der Waals surface area contributed by atoms with E-state index in [2.05, 4.69) is 0 Å². The minimum Gasteiger partial charge on any atom is -0.402 e. The van der Waals surface area contributed by atoms with E-state index in [0.717, 1.165) is 24.2 Å². The molecule has 0 aliphatic heterocycles. The molecule has 0 saturated heterocycles. The first-order chi connectivity index (χ1) is 6.77. The number of aliphatic hydroxyl groups is 2. The number of rotatable bonds is 5. The van der Waals surface area contributed by atoms with Crippen LogP contribution in [0.3, 0.4) is 0 Å². The Labute approximate surface area is 84.3 Å². The highest BCUT2D eigenvalue weighted by atomic mass is 16.3. The molecule has 0 radical (unpaired) electrons. The fraction of sp³-hybridized carbons (Fsp3) is 0.600. The molecule has 4 nitrogen and oxygen atoms in total. The molecular weight excluding hydrogens is 180 g/mol. The van der Waals surface area contributed by atoms with Gasteiger partial charge in [-0.2, -0.15) is 0 Å². The third kappa shape index (κ3) is 3.05. The van der Waals surface area contributed by atoms with Gasteiger partial charge in [-0.1, -0.05) is 0 Å². The van der Waals surface area contributed by atoms with Gasteiger partial charge in [-0.25, -0.2) is 0 Å². The van der Waals surface area contributed by atoms with Crippen LogP contribution in [0.4, 0.5) is 0 Å². The lowest BCUT2D eigenvalue weighted by Gasteiger charge is -2.27. The molecule has 0 heterocycles. The lowest BCUT2D eigenvalue weighted by Crippen LogP contribution is -2.30. The molecule has 4 heteroatoms. The van der Waals surface area contributed by atoms with Crippen molar-refractivity contribution >= 4 is 0 Å². The largest absolute Gasteiger partial charge is 0.402 e. The van der Waals surface area contributed by atoms with Gasteiger partial charge in [0, 0.05) is 24.5 Å². The summed E-state index contributed by atoms with van der Waals surface area (Å²) < 4.78 is 0. The van der Waals surface area contributed by atoms with Crippen molar-refractivity contribution in [3.05, 3.63) is 23.5 Å². The molecule has 1 rings (SSSR count). The smallest absolute Gasteiger partial charge is 0.0606 e. The summed E-state index contributed by atoms with van der Waals surface area (Å²) in [6, 6.07) is 0. The van der Waals surface area contributed by atoms with Gasteiger partial charge in [0.05, 0.1) is 13.2 Å².